The van der Waals surface area contributed by atoms with E-state index in [1.54, 1.807) is 0 Å². The Morgan fingerprint density at radius 1 is 0.682 bits per heavy atom. The molecule has 0 heterocycles. The normalized spacial score (nSPS) is 14.4. The molecule has 212 valence electrons. The summed E-state index contributed by atoms with van der Waals surface area (Å²) in [5, 5.41) is 15.1. The highest BCUT2D eigenvalue weighted by Gasteiger charge is 2.36. The maximum Gasteiger partial charge on any atom is 0.0183 e. The largest absolute Gasteiger partial charge is 0.309 e. The van der Waals surface area contributed by atoms with Crippen molar-refractivity contribution in [3.05, 3.63) is 157 Å². The molecule has 6 aromatic rings. The van der Waals surface area contributed by atoms with Crippen LogP contribution in [0.25, 0.3) is 65.7 Å². The van der Waals surface area contributed by atoms with E-state index in [1.807, 2.05) is 18.2 Å². The molecule has 7 rings (SSSR count). The Morgan fingerprint density at radius 2 is 1.32 bits per heavy atom. The van der Waals surface area contributed by atoms with E-state index >= 15 is 0 Å². The number of fused-ring (bicyclic) bond motifs is 3. The Kier molecular flexibility index (Phi) is 6.56. The van der Waals surface area contributed by atoms with Gasteiger partial charge in [-0.2, -0.15) is 0 Å². The highest BCUT2D eigenvalue weighted by molar-refractivity contribution is 6.27. The van der Waals surface area contributed by atoms with Crippen molar-refractivity contribution in [3.63, 3.8) is 0 Å². The lowest BCUT2D eigenvalue weighted by Gasteiger charge is -2.23. The number of hydrogen-bond donors (Lipinski definition) is 1. The molecular formula is C43H35N. The minimum atomic E-state index is -0.132. The first-order valence-corrected chi connectivity index (χ1v) is 15.2. The summed E-state index contributed by atoms with van der Waals surface area (Å²) >= 11 is 0. The van der Waals surface area contributed by atoms with E-state index in [4.69, 9.17) is 5.41 Å². The van der Waals surface area contributed by atoms with Crippen LogP contribution in [0.2, 0.25) is 0 Å². The highest BCUT2D eigenvalue weighted by atomic mass is 14.4. The van der Waals surface area contributed by atoms with Crippen molar-refractivity contribution in [1.82, 2.24) is 0 Å². The van der Waals surface area contributed by atoms with Gasteiger partial charge in [-0.3, -0.25) is 0 Å². The van der Waals surface area contributed by atoms with Gasteiger partial charge in [-0.05, 0) is 113 Å². The zero-order valence-electron chi connectivity index (χ0n) is 25.5. The lowest BCUT2D eigenvalue weighted by Crippen LogP contribution is -2.15. The third-order valence-electron chi connectivity index (χ3n) is 9.42. The van der Waals surface area contributed by atoms with Gasteiger partial charge in [0, 0.05) is 11.6 Å². The molecule has 0 spiro atoms. The zero-order valence-corrected chi connectivity index (χ0v) is 25.5. The Morgan fingerprint density at radius 3 is 2.02 bits per heavy atom. The Bertz CT molecular complexity index is 2250. The van der Waals surface area contributed by atoms with E-state index in [0.717, 1.165) is 11.1 Å². The molecule has 0 radical (unpaired) electrons. The number of hydrogen-bond acceptors (Lipinski definition) is 1. The average molecular weight is 566 g/mol. The van der Waals surface area contributed by atoms with Gasteiger partial charge in [-0.15, -0.1) is 0 Å². The van der Waals surface area contributed by atoms with Crippen molar-refractivity contribution >= 4 is 49.7 Å². The van der Waals surface area contributed by atoms with Crippen LogP contribution in [0.15, 0.2) is 135 Å². The van der Waals surface area contributed by atoms with E-state index in [9.17, 15) is 0 Å². The van der Waals surface area contributed by atoms with Gasteiger partial charge in [0.1, 0.15) is 0 Å². The Hall–Kier alpha value is -5.27. The van der Waals surface area contributed by atoms with Crippen molar-refractivity contribution in [3.8, 4) is 22.3 Å². The summed E-state index contributed by atoms with van der Waals surface area (Å²) < 4.78 is 0. The number of allylic oxidation sites excluding steroid dienone is 8. The second-order valence-electron chi connectivity index (χ2n) is 12.1. The topological polar surface area (TPSA) is 23.9 Å². The van der Waals surface area contributed by atoms with Gasteiger partial charge in [0.2, 0.25) is 0 Å². The summed E-state index contributed by atoms with van der Waals surface area (Å²) in [6, 6.07) is 31.8. The van der Waals surface area contributed by atoms with E-state index in [0.29, 0.717) is 0 Å². The summed E-state index contributed by atoms with van der Waals surface area (Å²) in [4.78, 5) is 0. The van der Waals surface area contributed by atoms with Crippen LogP contribution in [0.1, 0.15) is 43.0 Å². The molecule has 0 amide bonds. The minimum Gasteiger partial charge on any atom is -0.309 e. The first kappa shape index (κ1) is 27.6. The second kappa shape index (κ2) is 10.5. The standard InChI is InChI=1S/C43H35N/c1-6-9-28(10-7-2)31-15-19-35-36-20-16-32(26-40(36)43(4,5)39(35)25-31)34-18-12-30-13-21-37-33(27(8-3)23-24-44)17-11-29-14-22-38(34)42(30)41(29)37/h6-26,44H,1,3H2,2,4-5H3/b10-7-,27-23+,28-9+,44-24?. The van der Waals surface area contributed by atoms with Crippen LogP contribution in [0.5, 0.6) is 0 Å². The second-order valence-corrected chi connectivity index (χ2v) is 12.1. The monoisotopic (exact) mass is 565 g/mol. The predicted octanol–water partition coefficient (Wildman–Crippen LogP) is 11.9. The fraction of sp³-hybridized carbons (Fsp3) is 0.0930. The lowest BCUT2D eigenvalue weighted by molar-refractivity contribution is 0.660. The van der Waals surface area contributed by atoms with E-state index < -0.39 is 0 Å². The van der Waals surface area contributed by atoms with Gasteiger partial charge in [-0.25, -0.2) is 0 Å². The minimum absolute atomic E-state index is 0.132. The van der Waals surface area contributed by atoms with Crippen molar-refractivity contribution < 1.29 is 0 Å². The molecule has 44 heavy (non-hydrogen) atoms. The summed E-state index contributed by atoms with van der Waals surface area (Å²) in [5.41, 5.74) is 12.2. The van der Waals surface area contributed by atoms with E-state index in [2.05, 4.69) is 137 Å². The molecule has 1 heteroatoms. The van der Waals surface area contributed by atoms with Crippen LogP contribution in [-0.4, -0.2) is 6.21 Å². The summed E-state index contributed by atoms with van der Waals surface area (Å²) in [5.74, 6) is 0. The third-order valence-corrected chi connectivity index (χ3v) is 9.42. The highest BCUT2D eigenvalue weighted by Crippen LogP contribution is 2.51. The van der Waals surface area contributed by atoms with Gasteiger partial charge in [0.05, 0.1) is 0 Å². The molecule has 6 aromatic carbocycles. The summed E-state index contributed by atoms with van der Waals surface area (Å²) in [6.07, 6.45) is 13.2. The quantitative estimate of drug-likeness (QED) is 0.113. The smallest absolute Gasteiger partial charge is 0.0183 e. The van der Waals surface area contributed by atoms with Gasteiger partial charge in [0.25, 0.3) is 0 Å². The van der Waals surface area contributed by atoms with Crippen molar-refractivity contribution in [2.75, 3.05) is 0 Å². The molecule has 0 saturated heterocycles. The van der Waals surface area contributed by atoms with E-state index in [1.165, 1.54) is 83.0 Å². The predicted molar refractivity (Wildman–Crippen MR) is 193 cm³/mol. The fourth-order valence-corrected chi connectivity index (χ4v) is 7.30. The number of rotatable bonds is 7. The van der Waals surface area contributed by atoms with E-state index in [-0.39, 0.29) is 5.41 Å². The SMILES string of the molecule is C=C/C=C(\C=C/C)c1ccc2c(c1)C(C)(C)c1cc(-c3ccc4ccc5c(/C(C=C)=C/C=N)ccc6ccc3c4c65)ccc1-2. The number of benzene rings is 6. The Balaban J connectivity index is 1.41. The first-order valence-electron chi connectivity index (χ1n) is 15.2. The molecule has 0 fully saturated rings. The molecular weight excluding hydrogens is 530 g/mol. The summed E-state index contributed by atoms with van der Waals surface area (Å²) in [6.45, 7) is 14.7. The van der Waals surface area contributed by atoms with Gasteiger partial charge in [0.15, 0.2) is 0 Å². The zero-order chi connectivity index (χ0) is 30.6. The summed E-state index contributed by atoms with van der Waals surface area (Å²) in [7, 11) is 0. The lowest BCUT2D eigenvalue weighted by atomic mass is 9.80. The van der Waals surface area contributed by atoms with Crippen molar-refractivity contribution in [1.29, 1.82) is 5.41 Å². The average Bonchev–Trinajstić information content (AvgIpc) is 3.27. The fourth-order valence-electron chi connectivity index (χ4n) is 7.30. The molecule has 1 aliphatic rings. The van der Waals surface area contributed by atoms with Crippen LogP contribution < -0.4 is 0 Å². The van der Waals surface area contributed by atoms with Crippen molar-refractivity contribution in [2.24, 2.45) is 0 Å². The van der Waals surface area contributed by atoms with Crippen LogP contribution in [0.4, 0.5) is 0 Å². The molecule has 0 aromatic heterocycles. The van der Waals surface area contributed by atoms with Crippen LogP contribution in [0.3, 0.4) is 0 Å². The van der Waals surface area contributed by atoms with Gasteiger partial charge in [-0.1, -0.05) is 130 Å². The van der Waals surface area contributed by atoms with Crippen LogP contribution in [0, 0.1) is 5.41 Å². The maximum atomic E-state index is 7.65. The maximum absolute atomic E-state index is 7.65. The molecule has 0 atom stereocenters. The molecule has 0 bridgehead atoms. The molecule has 0 saturated carbocycles. The van der Waals surface area contributed by atoms with Crippen LogP contribution in [-0.2, 0) is 5.41 Å². The Labute approximate surface area is 259 Å². The molecule has 0 aliphatic heterocycles. The molecule has 1 nitrogen and oxygen atoms in total. The first-order chi connectivity index (χ1) is 21.4. The van der Waals surface area contributed by atoms with Gasteiger partial charge < -0.3 is 5.41 Å². The third kappa shape index (κ3) is 4.04. The van der Waals surface area contributed by atoms with Gasteiger partial charge >= 0.3 is 0 Å². The molecule has 1 N–H and O–H groups in total. The van der Waals surface area contributed by atoms with Crippen LogP contribution >= 0.6 is 0 Å². The van der Waals surface area contributed by atoms with Crippen molar-refractivity contribution in [2.45, 2.75) is 26.2 Å². The number of nitrogens with one attached hydrogen (secondary N) is 1. The molecule has 0 unspecified atom stereocenters. The molecule has 1 aliphatic carbocycles.